The summed E-state index contributed by atoms with van der Waals surface area (Å²) >= 11 is 0. The van der Waals surface area contributed by atoms with Crippen LogP contribution in [0.2, 0.25) is 0 Å². The van der Waals surface area contributed by atoms with Crippen molar-refractivity contribution in [2.75, 3.05) is 32.8 Å². The first kappa shape index (κ1) is 17.5. The molecule has 0 aromatic rings. The van der Waals surface area contributed by atoms with E-state index in [1.54, 1.807) is 4.90 Å². The molecule has 1 atom stereocenters. The van der Waals surface area contributed by atoms with E-state index in [2.05, 4.69) is 4.90 Å². The maximum absolute atomic E-state index is 12.0. The topological polar surface area (TPSA) is 51.2 Å². The quantitative estimate of drug-likeness (QED) is 0.781. The standard InChI is InChI=1S/C16H30N2O4/c1-15(2,3)21-13-11-17(7-8-20-13)12-9-18(10-12)14(19)22-16(4,5)6/h12-13H,7-11H2,1-6H3/t13-/m0/s1. The molecule has 0 radical (unpaired) electrons. The zero-order valence-electron chi connectivity index (χ0n) is 14.7. The van der Waals surface area contributed by atoms with Gasteiger partial charge in [0.2, 0.25) is 0 Å². The van der Waals surface area contributed by atoms with Crippen molar-refractivity contribution < 1.29 is 19.0 Å². The van der Waals surface area contributed by atoms with E-state index in [-0.39, 0.29) is 18.0 Å². The van der Waals surface area contributed by atoms with E-state index in [1.165, 1.54) is 0 Å². The highest BCUT2D eigenvalue weighted by Gasteiger charge is 2.39. The summed E-state index contributed by atoms with van der Waals surface area (Å²) in [5.74, 6) is 0. The van der Waals surface area contributed by atoms with Crippen LogP contribution in [0.4, 0.5) is 4.79 Å². The largest absolute Gasteiger partial charge is 0.444 e. The van der Waals surface area contributed by atoms with E-state index in [0.717, 1.165) is 26.2 Å². The molecule has 2 rings (SSSR count). The van der Waals surface area contributed by atoms with Crippen LogP contribution in [-0.4, -0.2) is 72.2 Å². The highest BCUT2D eigenvalue weighted by atomic mass is 16.7. The first-order valence-electron chi connectivity index (χ1n) is 8.05. The summed E-state index contributed by atoms with van der Waals surface area (Å²) in [6.45, 7) is 15.5. The number of morpholine rings is 1. The smallest absolute Gasteiger partial charge is 0.410 e. The number of hydrogen-bond acceptors (Lipinski definition) is 5. The molecule has 0 aromatic heterocycles. The van der Waals surface area contributed by atoms with Gasteiger partial charge in [-0.05, 0) is 41.5 Å². The predicted octanol–water partition coefficient (Wildman–Crippen LogP) is 2.08. The van der Waals surface area contributed by atoms with E-state index in [4.69, 9.17) is 14.2 Å². The SMILES string of the molecule is CC(C)(C)OC(=O)N1CC(N2CCO[C@@H](OC(C)(C)C)C2)C1. The van der Waals surface area contributed by atoms with Crippen LogP contribution in [0.25, 0.3) is 0 Å². The third-order valence-corrected chi connectivity index (χ3v) is 3.58. The van der Waals surface area contributed by atoms with Gasteiger partial charge in [0.15, 0.2) is 6.29 Å². The van der Waals surface area contributed by atoms with E-state index in [0.29, 0.717) is 12.6 Å². The molecule has 2 saturated heterocycles. The Morgan fingerprint density at radius 2 is 1.68 bits per heavy atom. The summed E-state index contributed by atoms with van der Waals surface area (Å²) in [5, 5.41) is 0. The lowest BCUT2D eigenvalue weighted by Gasteiger charge is -2.48. The average molecular weight is 314 g/mol. The van der Waals surface area contributed by atoms with Crippen molar-refractivity contribution in [3.8, 4) is 0 Å². The normalized spacial score (nSPS) is 25.0. The molecule has 0 spiro atoms. The summed E-state index contributed by atoms with van der Waals surface area (Å²) in [6, 6.07) is 0.377. The van der Waals surface area contributed by atoms with Gasteiger partial charge < -0.3 is 19.1 Å². The van der Waals surface area contributed by atoms with E-state index < -0.39 is 5.60 Å². The van der Waals surface area contributed by atoms with Crippen LogP contribution in [0.15, 0.2) is 0 Å². The van der Waals surface area contributed by atoms with Crippen LogP contribution in [0, 0.1) is 0 Å². The van der Waals surface area contributed by atoms with E-state index >= 15 is 0 Å². The lowest BCUT2D eigenvalue weighted by atomic mass is 10.1. The second-order valence-electron chi connectivity index (χ2n) is 8.06. The number of likely N-dealkylation sites (tertiary alicyclic amines) is 1. The molecule has 0 N–H and O–H groups in total. The Morgan fingerprint density at radius 3 is 2.23 bits per heavy atom. The molecule has 2 aliphatic heterocycles. The highest BCUT2D eigenvalue weighted by Crippen LogP contribution is 2.22. The number of rotatable bonds is 2. The van der Waals surface area contributed by atoms with Crippen LogP contribution in [0.3, 0.4) is 0 Å². The van der Waals surface area contributed by atoms with Crippen molar-refractivity contribution in [3.63, 3.8) is 0 Å². The molecule has 2 fully saturated rings. The summed E-state index contributed by atoms with van der Waals surface area (Å²) < 4.78 is 17.0. The number of carbonyl (C=O) groups excluding carboxylic acids is 1. The molecule has 2 aliphatic rings. The highest BCUT2D eigenvalue weighted by molar-refractivity contribution is 5.69. The average Bonchev–Trinajstić information content (AvgIpc) is 2.21. The number of carbonyl (C=O) groups is 1. The first-order valence-corrected chi connectivity index (χ1v) is 8.05. The Kier molecular flexibility index (Phi) is 5.04. The molecule has 0 aliphatic carbocycles. The molecular weight excluding hydrogens is 284 g/mol. The second kappa shape index (κ2) is 6.34. The Labute approximate surface area is 133 Å². The summed E-state index contributed by atoms with van der Waals surface area (Å²) in [5.41, 5.74) is -0.650. The van der Waals surface area contributed by atoms with Crippen molar-refractivity contribution in [2.45, 2.75) is 65.1 Å². The van der Waals surface area contributed by atoms with Gasteiger partial charge in [0.1, 0.15) is 5.60 Å². The van der Waals surface area contributed by atoms with Crippen molar-refractivity contribution in [1.29, 1.82) is 0 Å². The van der Waals surface area contributed by atoms with Crippen LogP contribution >= 0.6 is 0 Å². The Bertz CT molecular complexity index is 394. The van der Waals surface area contributed by atoms with Crippen molar-refractivity contribution in [1.82, 2.24) is 9.80 Å². The molecular formula is C16H30N2O4. The Morgan fingerprint density at radius 1 is 1.05 bits per heavy atom. The van der Waals surface area contributed by atoms with E-state index in [9.17, 15) is 4.79 Å². The van der Waals surface area contributed by atoms with Gasteiger partial charge >= 0.3 is 6.09 Å². The number of nitrogens with zero attached hydrogens (tertiary/aromatic N) is 2. The zero-order valence-corrected chi connectivity index (χ0v) is 14.7. The van der Waals surface area contributed by atoms with Gasteiger partial charge in [-0.15, -0.1) is 0 Å². The number of hydrogen-bond donors (Lipinski definition) is 0. The molecule has 22 heavy (non-hydrogen) atoms. The maximum Gasteiger partial charge on any atom is 0.410 e. The fourth-order valence-electron chi connectivity index (χ4n) is 2.60. The zero-order chi connectivity index (χ0) is 16.5. The van der Waals surface area contributed by atoms with Gasteiger partial charge in [0.05, 0.1) is 18.8 Å². The lowest BCUT2D eigenvalue weighted by molar-refractivity contribution is -0.229. The molecule has 0 aromatic carbocycles. The molecule has 6 heteroatoms. The van der Waals surface area contributed by atoms with E-state index in [1.807, 2.05) is 41.5 Å². The molecule has 0 bridgehead atoms. The molecule has 0 unspecified atom stereocenters. The van der Waals surface area contributed by atoms with Gasteiger partial charge in [0.25, 0.3) is 0 Å². The van der Waals surface area contributed by atoms with Gasteiger partial charge in [-0.3, -0.25) is 4.90 Å². The fourth-order valence-corrected chi connectivity index (χ4v) is 2.60. The molecule has 128 valence electrons. The third kappa shape index (κ3) is 5.11. The minimum Gasteiger partial charge on any atom is -0.444 e. The van der Waals surface area contributed by atoms with Gasteiger partial charge in [-0.25, -0.2) is 4.79 Å². The van der Waals surface area contributed by atoms with Crippen molar-refractivity contribution in [2.24, 2.45) is 0 Å². The number of ether oxygens (including phenoxy) is 3. The Balaban J connectivity index is 1.77. The molecule has 6 nitrogen and oxygen atoms in total. The number of amides is 1. The van der Waals surface area contributed by atoms with Crippen molar-refractivity contribution >= 4 is 6.09 Å². The fraction of sp³-hybridized carbons (Fsp3) is 0.938. The monoisotopic (exact) mass is 314 g/mol. The predicted molar refractivity (Wildman–Crippen MR) is 83.7 cm³/mol. The molecule has 1 amide bonds. The third-order valence-electron chi connectivity index (χ3n) is 3.58. The van der Waals surface area contributed by atoms with Gasteiger partial charge in [-0.2, -0.15) is 0 Å². The van der Waals surface area contributed by atoms with Crippen LogP contribution < -0.4 is 0 Å². The minimum absolute atomic E-state index is 0.190. The van der Waals surface area contributed by atoms with Crippen LogP contribution in [0.5, 0.6) is 0 Å². The first-order chi connectivity index (χ1) is 10.0. The van der Waals surface area contributed by atoms with Crippen LogP contribution in [-0.2, 0) is 14.2 Å². The van der Waals surface area contributed by atoms with Gasteiger partial charge in [0, 0.05) is 25.7 Å². The second-order valence-corrected chi connectivity index (χ2v) is 8.06. The molecule has 0 saturated carbocycles. The molecule has 2 heterocycles. The summed E-state index contributed by atoms with van der Waals surface area (Å²) in [7, 11) is 0. The summed E-state index contributed by atoms with van der Waals surface area (Å²) in [6.07, 6.45) is -0.413. The Hall–Kier alpha value is -0.850. The van der Waals surface area contributed by atoms with Crippen molar-refractivity contribution in [3.05, 3.63) is 0 Å². The maximum atomic E-state index is 12.0. The minimum atomic E-state index is -0.438. The van der Waals surface area contributed by atoms with Gasteiger partial charge in [-0.1, -0.05) is 0 Å². The lowest BCUT2D eigenvalue weighted by Crippen LogP contribution is -2.64. The van der Waals surface area contributed by atoms with Crippen LogP contribution in [0.1, 0.15) is 41.5 Å². The summed E-state index contributed by atoms with van der Waals surface area (Å²) in [4.78, 5) is 16.1.